The maximum atomic E-state index is 12.4. The lowest BCUT2D eigenvalue weighted by molar-refractivity contribution is -0.123. The molecule has 3 rings (SSSR count). The van der Waals surface area contributed by atoms with Crippen LogP contribution in [0, 0.1) is 0 Å². The number of nitrogens with one attached hydrogen (secondary N) is 2. The zero-order valence-corrected chi connectivity index (χ0v) is 19.0. The quantitative estimate of drug-likeness (QED) is 0.464. The summed E-state index contributed by atoms with van der Waals surface area (Å²) in [5, 5.41) is 2.84. The van der Waals surface area contributed by atoms with Crippen LogP contribution in [0.4, 0.5) is 0 Å². The first kappa shape index (κ1) is 24.2. The number of nitrogens with zero attached hydrogens (tertiary/aromatic N) is 1. The van der Waals surface area contributed by atoms with E-state index in [2.05, 4.69) is 14.9 Å². The van der Waals surface area contributed by atoms with E-state index in [1.807, 2.05) is 30.3 Å². The van der Waals surface area contributed by atoms with E-state index in [9.17, 15) is 13.2 Å². The molecule has 0 unspecified atom stereocenters. The Hall–Kier alpha value is -2.46. The van der Waals surface area contributed by atoms with Crippen molar-refractivity contribution in [3.8, 4) is 5.75 Å². The Bertz CT molecular complexity index is 930. The average Bonchev–Trinajstić information content (AvgIpc) is 2.82. The normalized spacial score (nSPS) is 14.8. The molecule has 1 aliphatic rings. The van der Waals surface area contributed by atoms with Gasteiger partial charge in [-0.25, -0.2) is 13.1 Å². The Labute approximate surface area is 190 Å². The highest BCUT2D eigenvalue weighted by Crippen LogP contribution is 2.16. The molecule has 0 atom stereocenters. The van der Waals surface area contributed by atoms with Gasteiger partial charge in [0.15, 0.2) is 6.61 Å². The maximum Gasteiger partial charge on any atom is 0.257 e. The van der Waals surface area contributed by atoms with Crippen LogP contribution in [0.15, 0.2) is 59.5 Å². The van der Waals surface area contributed by atoms with Crippen LogP contribution in [0.3, 0.4) is 0 Å². The summed E-state index contributed by atoms with van der Waals surface area (Å²) in [5.41, 5.74) is 1.07. The number of rotatable bonds is 12. The van der Waals surface area contributed by atoms with Gasteiger partial charge in [-0.3, -0.25) is 9.69 Å². The van der Waals surface area contributed by atoms with Crippen molar-refractivity contribution in [2.24, 2.45) is 0 Å². The lowest BCUT2D eigenvalue weighted by Crippen LogP contribution is -2.38. The second-order valence-corrected chi connectivity index (χ2v) is 9.32. The number of amides is 1. The molecule has 8 nitrogen and oxygen atoms in total. The second kappa shape index (κ2) is 12.5. The van der Waals surface area contributed by atoms with Gasteiger partial charge in [0.25, 0.3) is 5.91 Å². The van der Waals surface area contributed by atoms with Gasteiger partial charge in [0, 0.05) is 26.2 Å². The van der Waals surface area contributed by atoms with Crippen LogP contribution in [0.5, 0.6) is 5.75 Å². The predicted octanol–water partition coefficient (Wildman–Crippen LogP) is 1.42. The predicted molar refractivity (Wildman–Crippen MR) is 122 cm³/mol. The molecule has 9 heteroatoms. The highest BCUT2D eigenvalue weighted by atomic mass is 32.2. The molecule has 0 saturated carbocycles. The monoisotopic (exact) mass is 461 g/mol. The molecule has 174 valence electrons. The van der Waals surface area contributed by atoms with E-state index in [4.69, 9.17) is 9.47 Å². The number of benzene rings is 2. The third-order valence-electron chi connectivity index (χ3n) is 5.13. The number of carbonyl (C=O) groups excluding carboxylic acids is 1. The molecule has 0 radical (unpaired) electrons. The molecule has 1 amide bonds. The van der Waals surface area contributed by atoms with Crippen LogP contribution in [-0.4, -0.2) is 71.8 Å². The number of morpholine rings is 1. The molecule has 2 aromatic rings. The number of sulfonamides is 1. The first-order valence-electron chi connectivity index (χ1n) is 10.9. The van der Waals surface area contributed by atoms with Crippen LogP contribution in [-0.2, 0) is 26.0 Å². The summed E-state index contributed by atoms with van der Waals surface area (Å²) >= 11 is 0. The van der Waals surface area contributed by atoms with E-state index in [1.165, 1.54) is 12.1 Å². The highest BCUT2D eigenvalue weighted by molar-refractivity contribution is 7.89. The van der Waals surface area contributed by atoms with Gasteiger partial charge >= 0.3 is 0 Å². The SMILES string of the molecule is O=C(COc1ccc(S(=O)(=O)NCCc2ccccc2)cc1)NCCCN1CCOCC1. The van der Waals surface area contributed by atoms with Crippen LogP contribution < -0.4 is 14.8 Å². The maximum absolute atomic E-state index is 12.4. The van der Waals surface area contributed by atoms with E-state index >= 15 is 0 Å². The first-order valence-corrected chi connectivity index (χ1v) is 12.3. The zero-order chi connectivity index (χ0) is 22.7. The Balaban J connectivity index is 1.34. The van der Waals surface area contributed by atoms with Crippen molar-refractivity contribution in [2.75, 3.05) is 52.5 Å². The lowest BCUT2D eigenvalue weighted by Gasteiger charge is -2.26. The zero-order valence-electron chi connectivity index (χ0n) is 18.2. The summed E-state index contributed by atoms with van der Waals surface area (Å²) < 4.78 is 38.3. The van der Waals surface area contributed by atoms with E-state index in [0.717, 1.165) is 44.8 Å². The fourth-order valence-corrected chi connectivity index (χ4v) is 4.36. The van der Waals surface area contributed by atoms with Crippen LogP contribution in [0.1, 0.15) is 12.0 Å². The van der Waals surface area contributed by atoms with Crippen LogP contribution in [0.2, 0.25) is 0 Å². The third kappa shape index (κ3) is 8.23. The summed E-state index contributed by atoms with van der Waals surface area (Å²) in [5.74, 6) is 0.239. The highest BCUT2D eigenvalue weighted by Gasteiger charge is 2.14. The van der Waals surface area contributed by atoms with Crippen molar-refractivity contribution in [1.29, 1.82) is 0 Å². The molecule has 1 saturated heterocycles. The van der Waals surface area contributed by atoms with Gasteiger partial charge < -0.3 is 14.8 Å². The van der Waals surface area contributed by atoms with Gasteiger partial charge in [0.1, 0.15) is 5.75 Å². The third-order valence-corrected chi connectivity index (χ3v) is 6.61. The topological polar surface area (TPSA) is 97.0 Å². The molecular weight excluding hydrogens is 430 g/mol. The van der Waals surface area contributed by atoms with Gasteiger partial charge in [-0.05, 0) is 49.2 Å². The van der Waals surface area contributed by atoms with Crippen molar-refractivity contribution in [3.05, 3.63) is 60.2 Å². The van der Waals surface area contributed by atoms with Crippen molar-refractivity contribution in [3.63, 3.8) is 0 Å². The van der Waals surface area contributed by atoms with E-state index in [0.29, 0.717) is 25.3 Å². The minimum atomic E-state index is -3.60. The minimum absolute atomic E-state index is 0.112. The smallest absolute Gasteiger partial charge is 0.257 e. The molecule has 1 aliphatic heterocycles. The number of hydrogen-bond donors (Lipinski definition) is 2. The van der Waals surface area contributed by atoms with E-state index in [-0.39, 0.29) is 17.4 Å². The summed E-state index contributed by atoms with van der Waals surface area (Å²) in [6.07, 6.45) is 1.48. The van der Waals surface area contributed by atoms with Crippen LogP contribution in [0.25, 0.3) is 0 Å². The molecule has 2 N–H and O–H groups in total. The van der Waals surface area contributed by atoms with Crippen molar-refractivity contribution >= 4 is 15.9 Å². The van der Waals surface area contributed by atoms with Gasteiger partial charge in [-0.15, -0.1) is 0 Å². The second-order valence-electron chi connectivity index (χ2n) is 7.55. The van der Waals surface area contributed by atoms with Crippen molar-refractivity contribution in [2.45, 2.75) is 17.7 Å². The number of ether oxygens (including phenoxy) is 2. The Morgan fingerprint density at radius 1 is 1.00 bits per heavy atom. The molecule has 0 bridgehead atoms. The largest absolute Gasteiger partial charge is 0.484 e. The van der Waals surface area contributed by atoms with E-state index < -0.39 is 10.0 Å². The summed E-state index contributed by atoms with van der Waals surface area (Å²) in [6, 6.07) is 15.7. The lowest BCUT2D eigenvalue weighted by atomic mass is 10.2. The molecule has 32 heavy (non-hydrogen) atoms. The molecule has 0 spiro atoms. The molecule has 1 fully saturated rings. The van der Waals surface area contributed by atoms with Crippen LogP contribution >= 0.6 is 0 Å². The van der Waals surface area contributed by atoms with Crippen molar-refractivity contribution < 1.29 is 22.7 Å². The molecule has 0 aliphatic carbocycles. The average molecular weight is 462 g/mol. The fraction of sp³-hybridized carbons (Fsp3) is 0.435. The van der Waals surface area contributed by atoms with Gasteiger partial charge in [0.2, 0.25) is 10.0 Å². The van der Waals surface area contributed by atoms with Gasteiger partial charge in [-0.2, -0.15) is 0 Å². The molecule has 1 heterocycles. The first-order chi connectivity index (χ1) is 15.5. The van der Waals surface area contributed by atoms with E-state index in [1.54, 1.807) is 12.1 Å². The number of hydrogen-bond acceptors (Lipinski definition) is 6. The van der Waals surface area contributed by atoms with Gasteiger partial charge in [0.05, 0.1) is 18.1 Å². The van der Waals surface area contributed by atoms with Gasteiger partial charge in [-0.1, -0.05) is 30.3 Å². The van der Waals surface area contributed by atoms with Crippen molar-refractivity contribution in [1.82, 2.24) is 14.9 Å². The molecule has 2 aromatic carbocycles. The summed E-state index contributed by atoms with van der Waals surface area (Å²) in [4.78, 5) is 14.4. The fourth-order valence-electron chi connectivity index (χ4n) is 3.33. The summed E-state index contributed by atoms with van der Waals surface area (Å²) in [6.45, 7) is 5.13. The minimum Gasteiger partial charge on any atom is -0.484 e. The number of carbonyl (C=O) groups is 1. The Morgan fingerprint density at radius 2 is 1.72 bits per heavy atom. The summed E-state index contributed by atoms with van der Waals surface area (Å²) in [7, 11) is -3.60. The Kier molecular flexibility index (Phi) is 9.48. The standard InChI is InChI=1S/C23H31N3O5S/c27-23(24-12-4-14-26-15-17-30-18-16-26)19-31-21-7-9-22(10-8-21)32(28,29)25-13-11-20-5-2-1-3-6-20/h1-3,5-10,25H,4,11-19H2,(H,24,27). The molecular formula is C23H31N3O5S. The Morgan fingerprint density at radius 3 is 2.44 bits per heavy atom. The molecule has 0 aromatic heterocycles.